The quantitative estimate of drug-likeness (QED) is 0.757. The minimum absolute atomic E-state index is 0.193. The largest absolute Gasteiger partial charge is 0.495 e. The SMILES string of the molecule is COc1cc(NCC2=Cc3cc(C(F)(F)F)ccc3NC2O)ccc1C#N. The number of rotatable bonds is 4. The van der Waals surface area contributed by atoms with Crippen LogP contribution in [-0.4, -0.2) is 25.0 Å². The number of hydrogen-bond acceptors (Lipinski definition) is 5. The van der Waals surface area contributed by atoms with Gasteiger partial charge in [-0.05, 0) is 47.5 Å². The number of benzene rings is 2. The summed E-state index contributed by atoms with van der Waals surface area (Å²) in [6.45, 7) is 0.193. The number of nitriles is 1. The molecule has 0 aromatic heterocycles. The van der Waals surface area contributed by atoms with Gasteiger partial charge in [0, 0.05) is 24.0 Å². The normalized spacial score (nSPS) is 15.9. The van der Waals surface area contributed by atoms with Crippen LogP contribution in [0.4, 0.5) is 24.5 Å². The molecule has 3 rings (SSSR count). The average Bonchev–Trinajstić information content (AvgIpc) is 2.64. The maximum atomic E-state index is 12.9. The van der Waals surface area contributed by atoms with Gasteiger partial charge in [-0.15, -0.1) is 0 Å². The lowest BCUT2D eigenvalue weighted by atomic mass is 10.0. The number of anilines is 2. The van der Waals surface area contributed by atoms with Gasteiger partial charge in [-0.2, -0.15) is 18.4 Å². The number of ether oxygens (including phenoxy) is 1. The van der Waals surface area contributed by atoms with Gasteiger partial charge >= 0.3 is 6.18 Å². The molecule has 140 valence electrons. The monoisotopic (exact) mass is 375 g/mol. The van der Waals surface area contributed by atoms with Gasteiger partial charge < -0.3 is 20.5 Å². The molecule has 1 aliphatic heterocycles. The topological polar surface area (TPSA) is 77.3 Å². The average molecular weight is 375 g/mol. The van der Waals surface area contributed by atoms with Crippen molar-refractivity contribution in [3.8, 4) is 11.8 Å². The Labute approximate surface area is 153 Å². The number of halogens is 3. The lowest BCUT2D eigenvalue weighted by Crippen LogP contribution is -2.28. The Morgan fingerprint density at radius 2 is 2.04 bits per heavy atom. The number of aliphatic hydroxyl groups is 1. The van der Waals surface area contributed by atoms with Crippen LogP contribution in [0.3, 0.4) is 0 Å². The second kappa shape index (κ2) is 7.21. The number of aliphatic hydroxyl groups excluding tert-OH is 1. The van der Waals surface area contributed by atoms with Gasteiger partial charge in [0.15, 0.2) is 0 Å². The number of nitrogens with zero attached hydrogens (tertiary/aromatic N) is 1. The van der Waals surface area contributed by atoms with E-state index in [0.29, 0.717) is 33.8 Å². The van der Waals surface area contributed by atoms with Crippen molar-refractivity contribution < 1.29 is 23.0 Å². The standard InChI is InChI=1S/C19H16F3N3O2/c1-27-17-8-15(4-2-11(17)9-23)24-10-13-6-12-7-14(19(20,21)22)3-5-16(12)25-18(13)26/h2-8,18,24-26H,10H2,1H3. The van der Waals surface area contributed by atoms with Crippen LogP contribution in [0.25, 0.3) is 6.08 Å². The molecule has 0 spiro atoms. The van der Waals surface area contributed by atoms with Crippen LogP contribution < -0.4 is 15.4 Å². The summed E-state index contributed by atoms with van der Waals surface area (Å²) >= 11 is 0. The fraction of sp³-hybridized carbons (Fsp3) is 0.211. The number of nitrogens with one attached hydrogen (secondary N) is 2. The minimum Gasteiger partial charge on any atom is -0.495 e. The van der Waals surface area contributed by atoms with E-state index in [4.69, 9.17) is 10.00 Å². The molecule has 0 saturated carbocycles. The molecule has 1 aliphatic rings. The van der Waals surface area contributed by atoms with Crippen LogP contribution in [0.2, 0.25) is 0 Å². The molecule has 1 unspecified atom stereocenters. The summed E-state index contributed by atoms with van der Waals surface area (Å²) in [5.74, 6) is 0.402. The van der Waals surface area contributed by atoms with Crippen molar-refractivity contribution in [1.29, 1.82) is 5.26 Å². The Morgan fingerprint density at radius 1 is 1.26 bits per heavy atom. The Balaban J connectivity index is 1.81. The zero-order chi connectivity index (χ0) is 19.6. The number of alkyl halides is 3. The molecule has 0 saturated heterocycles. The molecule has 2 aromatic carbocycles. The predicted octanol–water partition coefficient (Wildman–Crippen LogP) is 3.83. The van der Waals surface area contributed by atoms with Gasteiger partial charge in [0.2, 0.25) is 0 Å². The van der Waals surface area contributed by atoms with Gasteiger partial charge in [0.1, 0.15) is 18.0 Å². The van der Waals surface area contributed by atoms with Crippen LogP contribution in [0.1, 0.15) is 16.7 Å². The van der Waals surface area contributed by atoms with Crippen LogP contribution in [0, 0.1) is 11.3 Å². The molecule has 1 heterocycles. The van der Waals surface area contributed by atoms with E-state index in [1.54, 1.807) is 18.2 Å². The Bertz CT molecular complexity index is 933. The van der Waals surface area contributed by atoms with Gasteiger partial charge in [-0.25, -0.2) is 0 Å². The van der Waals surface area contributed by atoms with Crippen LogP contribution in [0.15, 0.2) is 42.0 Å². The molecular weight excluding hydrogens is 359 g/mol. The third kappa shape index (κ3) is 3.99. The Hall–Kier alpha value is -3.18. The summed E-state index contributed by atoms with van der Waals surface area (Å²) < 4.78 is 43.8. The second-order valence-electron chi connectivity index (χ2n) is 5.95. The zero-order valence-corrected chi connectivity index (χ0v) is 14.3. The van der Waals surface area contributed by atoms with E-state index in [0.717, 1.165) is 12.1 Å². The van der Waals surface area contributed by atoms with E-state index in [1.165, 1.54) is 19.3 Å². The highest BCUT2D eigenvalue weighted by molar-refractivity contribution is 5.74. The minimum atomic E-state index is -4.43. The summed E-state index contributed by atoms with van der Waals surface area (Å²) in [5.41, 5.74) is 1.54. The molecule has 1 atom stereocenters. The van der Waals surface area contributed by atoms with Crippen LogP contribution >= 0.6 is 0 Å². The highest BCUT2D eigenvalue weighted by atomic mass is 19.4. The van der Waals surface area contributed by atoms with Gasteiger partial charge in [-0.1, -0.05) is 0 Å². The molecule has 8 heteroatoms. The van der Waals surface area contributed by atoms with E-state index < -0.39 is 18.0 Å². The van der Waals surface area contributed by atoms with Crippen molar-refractivity contribution in [2.75, 3.05) is 24.3 Å². The van der Waals surface area contributed by atoms with E-state index in [1.807, 2.05) is 6.07 Å². The first-order chi connectivity index (χ1) is 12.8. The van der Waals surface area contributed by atoms with Crippen molar-refractivity contribution in [1.82, 2.24) is 0 Å². The summed E-state index contributed by atoms with van der Waals surface area (Å²) in [4.78, 5) is 0. The molecule has 3 N–H and O–H groups in total. The fourth-order valence-corrected chi connectivity index (χ4v) is 2.75. The molecule has 0 bridgehead atoms. The third-order valence-corrected chi connectivity index (χ3v) is 4.18. The molecule has 5 nitrogen and oxygen atoms in total. The molecule has 0 amide bonds. The molecular formula is C19H16F3N3O2. The van der Waals surface area contributed by atoms with Crippen LogP contribution in [0.5, 0.6) is 5.75 Å². The van der Waals surface area contributed by atoms with E-state index >= 15 is 0 Å². The highest BCUT2D eigenvalue weighted by Gasteiger charge is 2.31. The molecule has 0 aliphatic carbocycles. The van der Waals surface area contributed by atoms with Crippen molar-refractivity contribution in [3.05, 3.63) is 58.7 Å². The summed E-state index contributed by atoms with van der Waals surface area (Å²) in [6, 6.07) is 10.2. The lowest BCUT2D eigenvalue weighted by molar-refractivity contribution is -0.137. The maximum absolute atomic E-state index is 12.9. The van der Waals surface area contributed by atoms with Crippen molar-refractivity contribution >= 4 is 17.5 Å². The predicted molar refractivity (Wildman–Crippen MR) is 95.2 cm³/mol. The first kappa shape index (κ1) is 18.6. The molecule has 27 heavy (non-hydrogen) atoms. The fourth-order valence-electron chi connectivity index (χ4n) is 2.75. The highest BCUT2D eigenvalue weighted by Crippen LogP contribution is 2.34. The lowest BCUT2D eigenvalue weighted by Gasteiger charge is -2.25. The van der Waals surface area contributed by atoms with E-state index in [-0.39, 0.29) is 6.54 Å². The first-order valence-corrected chi connectivity index (χ1v) is 8.00. The maximum Gasteiger partial charge on any atom is 0.416 e. The van der Waals surface area contributed by atoms with E-state index in [2.05, 4.69) is 10.6 Å². The number of hydrogen-bond donors (Lipinski definition) is 3. The Kier molecular flexibility index (Phi) is 4.97. The van der Waals surface area contributed by atoms with Gasteiger partial charge in [0.25, 0.3) is 0 Å². The second-order valence-corrected chi connectivity index (χ2v) is 5.95. The van der Waals surface area contributed by atoms with Gasteiger partial charge in [0.05, 0.1) is 18.2 Å². The summed E-state index contributed by atoms with van der Waals surface area (Å²) in [6.07, 6.45) is -3.93. The Morgan fingerprint density at radius 3 is 2.70 bits per heavy atom. The third-order valence-electron chi connectivity index (χ3n) is 4.18. The number of fused-ring (bicyclic) bond motifs is 1. The van der Waals surface area contributed by atoms with Crippen molar-refractivity contribution in [2.45, 2.75) is 12.4 Å². The van der Waals surface area contributed by atoms with Crippen LogP contribution in [-0.2, 0) is 6.18 Å². The molecule has 0 fully saturated rings. The summed E-state index contributed by atoms with van der Waals surface area (Å²) in [7, 11) is 1.45. The molecule has 2 aromatic rings. The van der Waals surface area contributed by atoms with E-state index in [9.17, 15) is 18.3 Å². The molecule has 0 radical (unpaired) electrons. The zero-order valence-electron chi connectivity index (χ0n) is 14.3. The van der Waals surface area contributed by atoms with Crippen molar-refractivity contribution in [2.24, 2.45) is 0 Å². The van der Waals surface area contributed by atoms with Gasteiger partial charge in [-0.3, -0.25) is 0 Å². The summed E-state index contributed by atoms with van der Waals surface area (Å²) in [5, 5.41) is 25.0. The smallest absolute Gasteiger partial charge is 0.416 e. The van der Waals surface area contributed by atoms with Crippen molar-refractivity contribution in [3.63, 3.8) is 0 Å². The first-order valence-electron chi connectivity index (χ1n) is 8.00. The number of methoxy groups -OCH3 is 1.